The van der Waals surface area contributed by atoms with Gasteiger partial charge < -0.3 is 14.5 Å². The average Bonchev–Trinajstić information content (AvgIpc) is 3.25. The minimum Gasteiger partial charge on any atom is -0.348 e. The number of fused-ring (bicyclic) bond motifs is 2. The second kappa shape index (κ2) is 7.41. The summed E-state index contributed by atoms with van der Waals surface area (Å²) in [6.45, 7) is 8.42. The van der Waals surface area contributed by atoms with Gasteiger partial charge in [0.1, 0.15) is 5.69 Å². The Hall–Kier alpha value is -3.79. The number of nitrogens with zero attached hydrogens (tertiary/aromatic N) is 2. The minimum atomic E-state index is -0.120. The maximum atomic E-state index is 13.5. The van der Waals surface area contributed by atoms with Crippen molar-refractivity contribution in [3.8, 4) is 5.69 Å². The van der Waals surface area contributed by atoms with E-state index in [2.05, 4.69) is 85.6 Å². The average molecular weight is 422 g/mol. The molecule has 4 heteroatoms. The first-order chi connectivity index (χ1) is 15.3. The molecule has 0 aliphatic heterocycles. The summed E-state index contributed by atoms with van der Waals surface area (Å²) < 4.78 is 4.25. The summed E-state index contributed by atoms with van der Waals surface area (Å²) in [6, 6.07) is 22.6. The summed E-state index contributed by atoms with van der Waals surface area (Å²) >= 11 is 0. The number of hydrogen-bond donors (Lipinski definition) is 1. The normalized spacial score (nSPS) is 11.4. The molecule has 4 nitrogen and oxygen atoms in total. The van der Waals surface area contributed by atoms with Gasteiger partial charge in [0.15, 0.2) is 0 Å². The van der Waals surface area contributed by atoms with Crippen molar-refractivity contribution in [2.45, 2.75) is 27.7 Å². The zero-order valence-electron chi connectivity index (χ0n) is 19.2. The summed E-state index contributed by atoms with van der Waals surface area (Å²) in [6.07, 6.45) is 0. The lowest BCUT2D eigenvalue weighted by atomic mass is 10.1. The van der Waals surface area contributed by atoms with Crippen LogP contribution >= 0.6 is 0 Å². The molecule has 2 aromatic heterocycles. The van der Waals surface area contributed by atoms with E-state index in [1.54, 1.807) is 0 Å². The number of rotatable bonds is 3. The van der Waals surface area contributed by atoms with Crippen LogP contribution in [0.15, 0.2) is 66.7 Å². The van der Waals surface area contributed by atoms with Crippen LogP contribution in [0.25, 0.3) is 27.5 Å². The van der Waals surface area contributed by atoms with Crippen LogP contribution in [0.1, 0.15) is 32.9 Å². The summed E-state index contributed by atoms with van der Waals surface area (Å²) in [5.74, 6) is -0.120. The molecule has 1 N–H and O–H groups in total. The van der Waals surface area contributed by atoms with Crippen LogP contribution in [0, 0.1) is 27.7 Å². The number of hydrogen-bond acceptors (Lipinski definition) is 1. The van der Waals surface area contributed by atoms with E-state index < -0.39 is 0 Å². The zero-order chi connectivity index (χ0) is 22.6. The van der Waals surface area contributed by atoms with Gasteiger partial charge >= 0.3 is 0 Å². The second-order valence-corrected chi connectivity index (χ2v) is 8.73. The fourth-order valence-corrected chi connectivity index (χ4v) is 4.71. The van der Waals surface area contributed by atoms with Crippen molar-refractivity contribution < 1.29 is 4.79 Å². The van der Waals surface area contributed by atoms with Crippen molar-refractivity contribution in [3.63, 3.8) is 0 Å². The number of carbonyl (C=O) groups excluding carboxylic acids is 1. The van der Waals surface area contributed by atoms with Crippen LogP contribution in [0.5, 0.6) is 0 Å². The standard InChI is InChI=1S/C28H27N3O/c1-17-12-18(2)14-23(13-17)31-25-9-7-6-8-21(25)15-27(31)28(32)29-22-10-11-26-24(16-22)19(3)20(4)30(26)5/h6-16H,1-5H3,(H,29,32). The molecule has 160 valence electrons. The Bertz CT molecular complexity index is 1500. The van der Waals surface area contributed by atoms with E-state index >= 15 is 0 Å². The Morgan fingerprint density at radius 3 is 2.28 bits per heavy atom. The summed E-state index contributed by atoms with van der Waals surface area (Å²) in [5, 5.41) is 5.35. The smallest absolute Gasteiger partial charge is 0.272 e. The van der Waals surface area contributed by atoms with Crippen LogP contribution < -0.4 is 5.32 Å². The van der Waals surface area contributed by atoms with E-state index in [0.717, 1.165) is 27.7 Å². The van der Waals surface area contributed by atoms with Gasteiger partial charge in [0.05, 0.1) is 5.52 Å². The highest BCUT2D eigenvalue weighted by Gasteiger charge is 2.18. The van der Waals surface area contributed by atoms with E-state index in [0.29, 0.717) is 5.69 Å². The predicted molar refractivity (Wildman–Crippen MR) is 133 cm³/mol. The van der Waals surface area contributed by atoms with E-state index in [9.17, 15) is 4.79 Å². The summed E-state index contributed by atoms with van der Waals surface area (Å²) in [5.41, 5.74) is 9.43. The van der Waals surface area contributed by atoms with E-state index in [-0.39, 0.29) is 5.91 Å². The molecule has 0 radical (unpaired) electrons. The molecule has 5 aromatic rings. The number of carbonyl (C=O) groups is 1. The van der Waals surface area contributed by atoms with Crippen LogP contribution in [-0.2, 0) is 7.05 Å². The first-order valence-electron chi connectivity index (χ1n) is 10.9. The molecular formula is C28H27N3O. The van der Waals surface area contributed by atoms with Gasteiger partial charge in [-0.3, -0.25) is 4.79 Å². The molecule has 5 rings (SSSR count). The third-order valence-electron chi connectivity index (χ3n) is 6.47. The van der Waals surface area contributed by atoms with Gasteiger partial charge in [-0.1, -0.05) is 24.3 Å². The van der Waals surface area contributed by atoms with Crippen LogP contribution in [0.4, 0.5) is 5.69 Å². The molecule has 0 spiro atoms. The molecule has 0 atom stereocenters. The Labute approximate surface area is 188 Å². The maximum Gasteiger partial charge on any atom is 0.272 e. The molecule has 32 heavy (non-hydrogen) atoms. The number of amides is 1. The van der Waals surface area contributed by atoms with Crippen molar-refractivity contribution in [1.29, 1.82) is 0 Å². The number of anilines is 1. The molecule has 0 unspecified atom stereocenters. The van der Waals surface area contributed by atoms with Gasteiger partial charge in [0.2, 0.25) is 0 Å². The zero-order valence-corrected chi connectivity index (χ0v) is 19.2. The van der Waals surface area contributed by atoms with Crippen LogP contribution in [-0.4, -0.2) is 15.0 Å². The fraction of sp³-hybridized carbons (Fsp3) is 0.179. The quantitative estimate of drug-likeness (QED) is 0.350. The number of para-hydroxylation sites is 1. The molecule has 0 saturated carbocycles. The Kier molecular flexibility index (Phi) is 4.66. The van der Waals surface area contributed by atoms with Gasteiger partial charge in [-0.05, 0) is 86.8 Å². The molecule has 2 heterocycles. The van der Waals surface area contributed by atoms with Gasteiger partial charge in [0, 0.05) is 40.4 Å². The van der Waals surface area contributed by atoms with E-state index in [4.69, 9.17) is 0 Å². The first-order valence-corrected chi connectivity index (χ1v) is 10.9. The Morgan fingerprint density at radius 1 is 0.812 bits per heavy atom. The molecule has 0 aliphatic carbocycles. The van der Waals surface area contributed by atoms with Crippen molar-refractivity contribution in [1.82, 2.24) is 9.13 Å². The highest BCUT2D eigenvalue weighted by atomic mass is 16.1. The highest BCUT2D eigenvalue weighted by Crippen LogP contribution is 2.29. The molecule has 1 amide bonds. The topological polar surface area (TPSA) is 39.0 Å². The van der Waals surface area contributed by atoms with Crippen molar-refractivity contribution in [2.24, 2.45) is 7.05 Å². The number of nitrogens with one attached hydrogen (secondary N) is 1. The van der Waals surface area contributed by atoms with Crippen LogP contribution in [0.3, 0.4) is 0 Å². The third-order valence-corrected chi connectivity index (χ3v) is 6.47. The number of benzene rings is 3. The van der Waals surface area contributed by atoms with Crippen molar-refractivity contribution in [2.75, 3.05) is 5.32 Å². The van der Waals surface area contributed by atoms with E-state index in [1.807, 2.05) is 30.3 Å². The fourth-order valence-electron chi connectivity index (χ4n) is 4.71. The van der Waals surface area contributed by atoms with Crippen LogP contribution in [0.2, 0.25) is 0 Å². The summed E-state index contributed by atoms with van der Waals surface area (Å²) in [4.78, 5) is 13.5. The molecule has 0 fully saturated rings. The van der Waals surface area contributed by atoms with Gasteiger partial charge in [-0.2, -0.15) is 0 Å². The highest BCUT2D eigenvalue weighted by molar-refractivity contribution is 6.08. The monoisotopic (exact) mass is 421 g/mol. The molecule has 0 bridgehead atoms. The van der Waals surface area contributed by atoms with Gasteiger partial charge in [-0.15, -0.1) is 0 Å². The first kappa shape index (κ1) is 20.1. The van der Waals surface area contributed by atoms with Gasteiger partial charge in [0.25, 0.3) is 5.91 Å². The lowest BCUT2D eigenvalue weighted by molar-refractivity contribution is 0.102. The molecule has 3 aromatic carbocycles. The Balaban J connectivity index is 1.61. The van der Waals surface area contributed by atoms with Crippen molar-refractivity contribution >= 4 is 33.4 Å². The number of aryl methyl sites for hydroxylation is 4. The second-order valence-electron chi connectivity index (χ2n) is 8.73. The van der Waals surface area contributed by atoms with Crippen molar-refractivity contribution in [3.05, 3.63) is 94.8 Å². The lowest BCUT2D eigenvalue weighted by Crippen LogP contribution is -2.16. The lowest BCUT2D eigenvalue weighted by Gasteiger charge is -2.13. The number of aromatic nitrogens is 2. The predicted octanol–water partition coefficient (Wildman–Crippen LogP) is 6.61. The maximum absolute atomic E-state index is 13.5. The van der Waals surface area contributed by atoms with Gasteiger partial charge in [-0.25, -0.2) is 0 Å². The third kappa shape index (κ3) is 3.19. The SMILES string of the molecule is Cc1cc(C)cc(-n2c(C(=O)Nc3ccc4c(c3)c(C)c(C)n4C)cc3ccccc32)c1. The Morgan fingerprint density at radius 2 is 1.53 bits per heavy atom. The minimum absolute atomic E-state index is 0.120. The van der Waals surface area contributed by atoms with E-state index in [1.165, 1.54) is 27.9 Å². The summed E-state index contributed by atoms with van der Waals surface area (Å²) in [7, 11) is 2.07. The molecular weight excluding hydrogens is 394 g/mol. The largest absolute Gasteiger partial charge is 0.348 e. The molecule has 0 aliphatic rings. The molecule has 0 saturated heterocycles.